The zero-order valence-corrected chi connectivity index (χ0v) is 19.7. The van der Waals surface area contributed by atoms with Gasteiger partial charge in [0.25, 0.3) is 0 Å². The maximum absolute atomic E-state index is 14.7. The molecule has 11 heteroatoms. The Kier molecular flexibility index (Phi) is 7.47. The summed E-state index contributed by atoms with van der Waals surface area (Å²) in [5.74, 6) is -3.81. The number of anilines is 3. The van der Waals surface area contributed by atoms with E-state index in [0.29, 0.717) is 5.69 Å². The van der Waals surface area contributed by atoms with E-state index in [1.54, 1.807) is 13.0 Å². The second kappa shape index (κ2) is 10.7. The SMILES string of the molecule is CCOC1C=CN(c2ccc(F)cc2)C(=O)C1C(=O)Nc1ccc(Oc2ccnc(N)c2Cl)c(F)c1. The quantitative estimate of drug-likeness (QED) is 0.434. The average Bonchev–Trinajstić information content (AvgIpc) is 2.84. The number of hydrogen-bond acceptors (Lipinski definition) is 6. The van der Waals surface area contributed by atoms with E-state index < -0.39 is 35.5 Å². The number of amides is 2. The van der Waals surface area contributed by atoms with Crippen LogP contribution in [0.2, 0.25) is 5.02 Å². The first-order chi connectivity index (χ1) is 17.3. The monoisotopic (exact) mass is 514 g/mol. The summed E-state index contributed by atoms with van der Waals surface area (Å²) in [6.07, 6.45) is 3.57. The molecule has 0 fully saturated rings. The second-order valence-corrected chi connectivity index (χ2v) is 8.05. The topological polar surface area (TPSA) is 107 Å². The molecule has 2 unspecified atom stereocenters. The third-order valence-corrected chi connectivity index (χ3v) is 5.68. The molecule has 2 amide bonds. The van der Waals surface area contributed by atoms with Crippen LogP contribution in [0.4, 0.5) is 26.0 Å². The molecular formula is C25H21ClF2N4O4. The molecule has 2 heterocycles. The number of rotatable bonds is 7. The Hall–Kier alpha value is -4.02. The fraction of sp³-hybridized carbons (Fsp3) is 0.160. The van der Waals surface area contributed by atoms with Crippen LogP contribution < -0.4 is 20.7 Å². The van der Waals surface area contributed by atoms with Crippen LogP contribution in [0.5, 0.6) is 11.5 Å². The van der Waals surface area contributed by atoms with Gasteiger partial charge in [-0.2, -0.15) is 0 Å². The first-order valence-corrected chi connectivity index (χ1v) is 11.2. The molecule has 0 saturated heterocycles. The molecular weight excluding hydrogens is 494 g/mol. The standard InChI is InChI=1S/C25H21ClF2N4O4/c1-2-35-19-10-12-32(16-6-3-14(27)4-7-16)25(34)21(19)24(33)31-15-5-8-18(17(28)13-15)36-20-9-11-30-23(29)22(20)26/h3-13,19,21H,2H2,1H3,(H2,29,30)(H,31,33). The van der Waals surface area contributed by atoms with E-state index in [0.717, 1.165) is 6.07 Å². The van der Waals surface area contributed by atoms with Crippen molar-refractivity contribution in [2.24, 2.45) is 5.92 Å². The molecule has 1 aliphatic rings. The Morgan fingerprint density at radius 2 is 1.92 bits per heavy atom. The van der Waals surface area contributed by atoms with Crippen molar-refractivity contribution in [3.8, 4) is 11.5 Å². The van der Waals surface area contributed by atoms with E-state index in [-0.39, 0.29) is 34.6 Å². The number of aromatic nitrogens is 1. The average molecular weight is 515 g/mol. The van der Waals surface area contributed by atoms with Crippen LogP contribution in [0.15, 0.2) is 67.0 Å². The number of pyridine rings is 1. The van der Waals surface area contributed by atoms with Crippen molar-refractivity contribution in [1.29, 1.82) is 0 Å². The van der Waals surface area contributed by atoms with Gasteiger partial charge >= 0.3 is 0 Å². The molecule has 0 saturated carbocycles. The highest BCUT2D eigenvalue weighted by molar-refractivity contribution is 6.34. The number of hydrogen-bond donors (Lipinski definition) is 2. The summed E-state index contributed by atoms with van der Waals surface area (Å²) < 4.78 is 39.1. The molecule has 4 rings (SSSR count). The number of nitrogens with zero attached hydrogens (tertiary/aromatic N) is 2. The fourth-order valence-corrected chi connectivity index (χ4v) is 3.74. The maximum Gasteiger partial charge on any atom is 0.246 e. The highest BCUT2D eigenvalue weighted by atomic mass is 35.5. The Morgan fingerprint density at radius 1 is 1.17 bits per heavy atom. The molecule has 1 aromatic heterocycles. The molecule has 2 atom stereocenters. The van der Waals surface area contributed by atoms with Gasteiger partial charge in [0.05, 0.1) is 6.10 Å². The van der Waals surface area contributed by atoms with E-state index in [9.17, 15) is 18.4 Å². The van der Waals surface area contributed by atoms with Crippen LogP contribution in [0.1, 0.15) is 6.92 Å². The van der Waals surface area contributed by atoms with Gasteiger partial charge in [0.15, 0.2) is 17.3 Å². The molecule has 1 aliphatic heterocycles. The third-order valence-electron chi connectivity index (χ3n) is 5.30. The number of carbonyl (C=O) groups excluding carboxylic acids is 2. The summed E-state index contributed by atoms with van der Waals surface area (Å²) in [4.78, 5) is 31.4. The predicted molar refractivity (Wildman–Crippen MR) is 131 cm³/mol. The lowest BCUT2D eigenvalue weighted by Crippen LogP contribution is -2.48. The van der Waals surface area contributed by atoms with Gasteiger partial charge < -0.3 is 20.5 Å². The summed E-state index contributed by atoms with van der Waals surface area (Å²) in [7, 11) is 0. The van der Waals surface area contributed by atoms with Gasteiger partial charge in [-0.3, -0.25) is 14.5 Å². The van der Waals surface area contributed by atoms with E-state index in [2.05, 4.69) is 10.3 Å². The summed E-state index contributed by atoms with van der Waals surface area (Å²) in [5.41, 5.74) is 6.11. The zero-order chi connectivity index (χ0) is 25.8. The molecule has 3 N–H and O–H groups in total. The van der Waals surface area contributed by atoms with Crippen molar-refractivity contribution in [3.63, 3.8) is 0 Å². The molecule has 2 aromatic carbocycles. The van der Waals surface area contributed by atoms with Crippen molar-refractivity contribution < 1.29 is 27.8 Å². The summed E-state index contributed by atoms with van der Waals surface area (Å²) >= 11 is 6.03. The molecule has 36 heavy (non-hydrogen) atoms. The highest BCUT2D eigenvalue weighted by Crippen LogP contribution is 2.34. The van der Waals surface area contributed by atoms with Crippen LogP contribution in [-0.4, -0.2) is 29.5 Å². The Bertz CT molecular complexity index is 1320. The van der Waals surface area contributed by atoms with E-state index in [1.165, 1.54) is 59.8 Å². The Balaban J connectivity index is 1.53. The zero-order valence-electron chi connectivity index (χ0n) is 19.0. The van der Waals surface area contributed by atoms with Crippen LogP contribution in [0, 0.1) is 17.6 Å². The van der Waals surface area contributed by atoms with E-state index in [4.69, 9.17) is 26.8 Å². The van der Waals surface area contributed by atoms with Crippen LogP contribution in [0.25, 0.3) is 0 Å². The van der Waals surface area contributed by atoms with Gasteiger partial charge in [0, 0.05) is 42.5 Å². The lowest BCUT2D eigenvalue weighted by molar-refractivity contribution is -0.136. The highest BCUT2D eigenvalue weighted by Gasteiger charge is 2.40. The van der Waals surface area contributed by atoms with Gasteiger partial charge in [0.2, 0.25) is 11.8 Å². The molecule has 0 bridgehead atoms. The van der Waals surface area contributed by atoms with Gasteiger partial charge in [-0.05, 0) is 49.4 Å². The first-order valence-electron chi connectivity index (χ1n) is 10.8. The van der Waals surface area contributed by atoms with E-state index in [1.807, 2.05) is 0 Å². The van der Waals surface area contributed by atoms with Crippen molar-refractivity contribution in [2.45, 2.75) is 13.0 Å². The van der Waals surface area contributed by atoms with Crippen molar-refractivity contribution in [2.75, 3.05) is 22.6 Å². The fourth-order valence-electron chi connectivity index (χ4n) is 3.59. The van der Waals surface area contributed by atoms with Crippen molar-refractivity contribution in [3.05, 3.63) is 83.7 Å². The second-order valence-electron chi connectivity index (χ2n) is 7.67. The molecule has 0 aliphatic carbocycles. The van der Waals surface area contributed by atoms with Crippen LogP contribution >= 0.6 is 11.6 Å². The number of carbonyl (C=O) groups is 2. The number of benzene rings is 2. The van der Waals surface area contributed by atoms with Gasteiger partial charge in [-0.15, -0.1) is 0 Å². The first kappa shape index (κ1) is 25.1. The minimum atomic E-state index is -1.27. The largest absolute Gasteiger partial charge is 0.453 e. The third kappa shape index (κ3) is 5.29. The van der Waals surface area contributed by atoms with E-state index >= 15 is 0 Å². The molecule has 0 radical (unpaired) electrons. The smallest absolute Gasteiger partial charge is 0.246 e. The minimum Gasteiger partial charge on any atom is -0.453 e. The number of nitrogens with two attached hydrogens (primary N) is 1. The summed E-state index contributed by atoms with van der Waals surface area (Å²) in [6, 6.07) is 10.4. The number of nitrogen functional groups attached to an aromatic ring is 1. The lowest BCUT2D eigenvalue weighted by Gasteiger charge is -2.32. The maximum atomic E-state index is 14.7. The molecule has 0 spiro atoms. The van der Waals surface area contributed by atoms with Crippen molar-refractivity contribution >= 4 is 40.6 Å². The summed E-state index contributed by atoms with van der Waals surface area (Å²) in [6.45, 7) is 1.99. The molecule has 186 valence electrons. The Morgan fingerprint density at radius 3 is 2.61 bits per heavy atom. The molecule has 8 nitrogen and oxygen atoms in total. The minimum absolute atomic E-state index is 0.0307. The summed E-state index contributed by atoms with van der Waals surface area (Å²) in [5, 5.41) is 2.59. The normalized spacial score (nSPS) is 17.2. The molecule has 3 aromatic rings. The van der Waals surface area contributed by atoms with Crippen molar-refractivity contribution in [1.82, 2.24) is 4.98 Å². The van der Waals surface area contributed by atoms with Crippen LogP contribution in [0.3, 0.4) is 0 Å². The van der Waals surface area contributed by atoms with Gasteiger partial charge in [-0.25, -0.2) is 13.8 Å². The lowest BCUT2D eigenvalue weighted by atomic mass is 9.95. The van der Waals surface area contributed by atoms with Gasteiger partial charge in [-0.1, -0.05) is 11.6 Å². The Labute approximate surface area is 210 Å². The number of nitrogens with one attached hydrogen (secondary N) is 1. The number of halogens is 3. The number of ether oxygens (including phenoxy) is 2. The van der Waals surface area contributed by atoms with Gasteiger partial charge in [0.1, 0.15) is 22.6 Å². The van der Waals surface area contributed by atoms with Crippen LogP contribution in [-0.2, 0) is 14.3 Å². The predicted octanol–water partition coefficient (Wildman–Crippen LogP) is 4.91.